The van der Waals surface area contributed by atoms with Crippen LogP contribution < -0.4 is 5.32 Å². The molecule has 3 aromatic rings. The number of carbonyl (C=O) groups is 1. The first-order valence-corrected chi connectivity index (χ1v) is 9.61. The Hall–Kier alpha value is -2.54. The first kappa shape index (κ1) is 18.3. The number of amides is 1. The second-order valence-electron chi connectivity index (χ2n) is 5.92. The molecule has 6 nitrogen and oxygen atoms in total. The molecule has 0 bridgehead atoms. The number of furan rings is 1. The predicted molar refractivity (Wildman–Crippen MR) is 102 cm³/mol. The molecule has 1 amide bonds. The molecular formula is C19H22N4O2S. The first-order valence-electron chi connectivity index (χ1n) is 8.63. The molecule has 0 aliphatic heterocycles. The smallest absolute Gasteiger partial charge is 0.230 e. The van der Waals surface area contributed by atoms with Gasteiger partial charge < -0.3 is 9.73 Å². The fraction of sp³-hybridized carbons (Fsp3) is 0.316. The van der Waals surface area contributed by atoms with Gasteiger partial charge in [-0.25, -0.2) is 0 Å². The van der Waals surface area contributed by atoms with Crippen LogP contribution >= 0.6 is 11.8 Å². The van der Waals surface area contributed by atoms with Crippen molar-refractivity contribution in [1.29, 1.82) is 0 Å². The monoisotopic (exact) mass is 370 g/mol. The third-order valence-corrected chi connectivity index (χ3v) is 4.88. The lowest BCUT2D eigenvalue weighted by molar-refractivity contribution is -0.119. The highest BCUT2D eigenvalue weighted by molar-refractivity contribution is 7.99. The average molecular weight is 370 g/mol. The highest BCUT2D eigenvalue weighted by atomic mass is 32.2. The number of thioether (sulfide) groups is 1. The Morgan fingerprint density at radius 1 is 1.23 bits per heavy atom. The van der Waals surface area contributed by atoms with E-state index in [1.54, 1.807) is 6.26 Å². The molecule has 7 heteroatoms. The zero-order valence-corrected chi connectivity index (χ0v) is 15.7. The van der Waals surface area contributed by atoms with Crippen molar-refractivity contribution in [1.82, 2.24) is 20.1 Å². The lowest BCUT2D eigenvalue weighted by atomic mass is 10.1. The summed E-state index contributed by atoms with van der Waals surface area (Å²) < 4.78 is 7.43. The third kappa shape index (κ3) is 4.35. The van der Waals surface area contributed by atoms with Crippen molar-refractivity contribution in [3.63, 3.8) is 0 Å². The predicted octanol–water partition coefficient (Wildman–Crippen LogP) is 3.92. The second kappa shape index (κ2) is 8.71. The molecule has 1 aromatic carbocycles. The number of hydrogen-bond acceptors (Lipinski definition) is 5. The number of nitrogens with one attached hydrogen (secondary N) is 1. The van der Waals surface area contributed by atoms with E-state index in [0.717, 1.165) is 23.7 Å². The Kier molecular flexibility index (Phi) is 6.12. The number of hydrogen-bond donors (Lipinski definition) is 1. The number of aromatic nitrogens is 3. The molecule has 0 aliphatic rings. The van der Waals surface area contributed by atoms with Crippen molar-refractivity contribution in [2.45, 2.75) is 38.0 Å². The van der Waals surface area contributed by atoms with Crippen LogP contribution in [0.25, 0.3) is 11.6 Å². The SMILES string of the molecule is CCCn1c(SCC(=O)NC(C)c2ccccc2)nnc1-c1ccco1. The normalized spacial score (nSPS) is 12.1. The lowest BCUT2D eigenvalue weighted by Crippen LogP contribution is -2.28. The Bertz CT molecular complexity index is 831. The van der Waals surface area contributed by atoms with Crippen molar-refractivity contribution in [2.75, 3.05) is 5.75 Å². The van der Waals surface area contributed by atoms with Crippen molar-refractivity contribution in [2.24, 2.45) is 0 Å². The molecule has 2 heterocycles. The van der Waals surface area contributed by atoms with Gasteiger partial charge in [-0.15, -0.1) is 10.2 Å². The van der Waals surface area contributed by atoms with Crippen LogP contribution in [0.5, 0.6) is 0 Å². The van der Waals surface area contributed by atoms with E-state index in [0.29, 0.717) is 11.6 Å². The third-order valence-electron chi connectivity index (χ3n) is 3.92. The fourth-order valence-corrected chi connectivity index (χ4v) is 3.42. The van der Waals surface area contributed by atoms with Gasteiger partial charge in [0.15, 0.2) is 16.7 Å². The molecule has 0 saturated heterocycles. The summed E-state index contributed by atoms with van der Waals surface area (Å²) in [5.41, 5.74) is 1.08. The number of nitrogens with zero attached hydrogens (tertiary/aromatic N) is 3. The Balaban J connectivity index is 1.63. The summed E-state index contributed by atoms with van der Waals surface area (Å²) in [6, 6.07) is 13.6. The van der Waals surface area contributed by atoms with E-state index in [2.05, 4.69) is 22.4 Å². The van der Waals surface area contributed by atoms with Crippen LogP contribution in [0.1, 0.15) is 31.9 Å². The van der Waals surface area contributed by atoms with E-state index in [9.17, 15) is 4.79 Å². The van der Waals surface area contributed by atoms with Gasteiger partial charge in [0.25, 0.3) is 0 Å². The van der Waals surface area contributed by atoms with Gasteiger partial charge in [-0.3, -0.25) is 9.36 Å². The van der Waals surface area contributed by atoms with E-state index in [-0.39, 0.29) is 17.7 Å². The minimum absolute atomic E-state index is 0.0306. The fourth-order valence-electron chi connectivity index (χ4n) is 2.65. The molecule has 0 aliphatic carbocycles. The molecule has 0 saturated carbocycles. The topological polar surface area (TPSA) is 73.0 Å². The molecule has 1 atom stereocenters. The number of benzene rings is 1. The summed E-state index contributed by atoms with van der Waals surface area (Å²) >= 11 is 1.39. The van der Waals surface area contributed by atoms with Gasteiger partial charge in [0.1, 0.15) is 0 Å². The molecule has 1 unspecified atom stereocenters. The summed E-state index contributed by atoms with van der Waals surface area (Å²) in [5.74, 6) is 1.63. The summed E-state index contributed by atoms with van der Waals surface area (Å²) in [5, 5.41) is 12.2. The van der Waals surface area contributed by atoms with Gasteiger partial charge in [-0.05, 0) is 31.0 Å². The summed E-state index contributed by atoms with van der Waals surface area (Å²) in [7, 11) is 0. The first-order chi connectivity index (χ1) is 12.7. The van der Waals surface area contributed by atoms with Gasteiger partial charge >= 0.3 is 0 Å². The minimum atomic E-state index is -0.0310. The molecule has 0 radical (unpaired) electrons. The molecule has 2 aromatic heterocycles. The van der Waals surface area contributed by atoms with Crippen LogP contribution in [0.2, 0.25) is 0 Å². The largest absolute Gasteiger partial charge is 0.461 e. The van der Waals surface area contributed by atoms with Crippen molar-refractivity contribution >= 4 is 17.7 Å². The van der Waals surface area contributed by atoms with Gasteiger partial charge in [-0.1, -0.05) is 49.0 Å². The van der Waals surface area contributed by atoms with Gasteiger partial charge in [0.05, 0.1) is 18.1 Å². The van der Waals surface area contributed by atoms with E-state index in [1.165, 1.54) is 11.8 Å². The maximum atomic E-state index is 12.3. The molecule has 0 fully saturated rings. The van der Waals surface area contributed by atoms with E-state index in [1.807, 2.05) is 54.0 Å². The van der Waals surface area contributed by atoms with Crippen molar-refractivity contribution in [3.05, 3.63) is 54.3 Å². The van der Waals surface area contributed by atoms with Gasteiger partial charge in [0.2, 0.25) is 5.91 Å². The van der Waals surface area contributed by atoms with E-state index in [4.69, 9.17) is 4.42 Å². The van der Waals surface area contributed by atoms with Crippen molar-refractivity contribution in [3.8, 4) is 11.6 Å². The van der Waals surface area contributed by atoms with E-state index >= 15 is 0 Å². The Morgan fingerprint density at radius 3 is 2.73 bits per heavy atom. The highest BCUT2D eigenvalue weighted by Gasteiger charge is 2.17. The number of carbonyl (C=O) groups excluding carboxylic acids is 1. The second-order valence-corrected chi connectivity index (χ2v) is 6.87. The minimum Gasteiger partial charge on any atom is -0.461 e. The van der Waals surface area contributed by atoms with Crippen LogP contribution in [0.15, 0.2) is 58.3 Å². The summed E-state index contributed by atoms with van der Waals surface area (Å²) in [6.07, 6.45) is 2.56. The van der Waals surface area contributed by atoms with Crippen LogP contribution in [0, 0.1) is 0 Å². The lowest BCUT2D eigenvalue weighted by Gasteiger charge is -2.14. The van der Waals surface area contributed by atoms with Crippen molar-refractivity contribution < 1.29 is 9.21 Å². The molecule has 3 rings (SSSR count). The summed E-state index contributed by atoms with van der Waals surface area (Å²) in [6.45, 7) is 4.84. The maximum absolute atomic E-state index is 12.3. The van der Waals surface area contributed by atoms with Gasteiger partial charge in [-0.2, -0.15) is 0 Å². The zero-order valence-electron chi connectivity index (χ0n) is 14.9. The van der Waals surface area contributed by atoms with Crippen LogP contribution in [-0.2, 0) is 11.3 Å². The van der Waals surface area contributed by atoms with E-state index < -0.39 is 0 Å². The maximum Gasteiger partial charge on any atom is 0.230 e. The standard InChI is InChI=1S/C19H22N4O2S/c1-3-11-23-18(16-10-7-12-25-16)21-22-19(23)26-13-17(24)20-14(2)15-8-5-4-6-9-15/h4-10,12,14H,3,11,13H2,1-2H3,(H,20,24). The summed E-state index contributed by atoms with van der Waals surface area (Å²) in [4.78, 5) is 12.3. The average Bonchev–Trinajstić information content (AvgIpc) is 3.31. The Labute approximate surface area is 157 Å². The zero-order chi connectivity index (χ0) is 18.4. The molecular weight excluding hydrogens is 348 g/mol. The van der Waals surface area contributed by atoms with Crippen LogP contribution in [0.3, 0.4) is 0 Å². The number of rotatable bonds is 8. The van der Waals surface area contributed by atoms with Crippen LogP contribution in [-0.4, -0.2) is 26.4 Å². The van der Waals surface area contributed by atoms with Gasteiger partial charge in [0, 0.05) is 6.54 Å². The highest BCUT2D eigenvalue weighted by Crippen LogP contribution is 2.24. The van der Waals surface area contributed by atoms with Crippen LogP contribution in [0.4, 0.5) is 0 Å². The molecule has 1 N–H and O–H groups in total. The molecule has 26 heavy (non-hydrogen) atoms. The quantitative estimate of drug-likeness (QED) is 0.609. The molecule has 136 valence electrons. The molecule has 0 spiro atoms. The Morgan fingerprint density at radius 2 is 2.04 bits per heavy atom.